The monoisotopic (exact) mass is 411 g/mol. The number of allylic oxidation sites excluding steroid dienone is 1. The lowest BCUT2D eigenvalue weighted by Crippen LogP contribution is -2.49. The molecular formula is C22H37NO6. The van der Waals surface area contributed by atoms with Crippen LogP contribution in [0.4, 0.5) is 4.79 Å². The Morgan fingerprint density at radius 1 is 1.07 bits per heavy atom. The van der Waals surface area contributed by atoms with E-state index in [0.29, 0.717) is 0 Å². The standard InChI is InChI=1S/C20H33NO6.C2H4/c1-10-15(11-2)12-25-17(22)14(5)26-18(23)16(13(3)4)21(9)19(24)27-20(6,7)8;1-2/h10-11,13-14,16H,1,12H2,2-9H3;1-2H2/b15-11+;/t14-,16+;/m1./s1. The molecule has 0 heterocycles. The first-order chi connectivity index (χ1) is 13.3. The van der Waals surface area contributed by atoms with Crippen LogP contribution in [0.15, 0.2) is 37.5 Å². The van der Waals surface area contributed by atoms with Crippen LogP contribution >= 0.6 is 0 Å². The van der Waals surface area contributed by atoms with Crippen molar-refractivity contribution < 1.29 is 28.6 Å². The van der Waals surface area contributed by atoms with Crippen molar-refractivity contribution in [3.05, 3.63) is 37.5 Å². The van der Waals surface area contributed by atoms with E-state index in [1.165, 1.54) is 18.9 Å². The predicted molar refractivity (Wildman–Crippen MR) is 114 cm³/mol. The minimum atomic E-state index is -1.10. The van der Waals surface area contributed by atoms with Crippen LogP contribution in [0.5, 0.6) is 0 Å². The summed E-state index contributed by atoms with van der Waals surface area (Å²) in [6, 6.07) is -0.894. The van der Waals surface area contributed by atoms with Crippen molar-refractivity contribution >= 4 is 18.0 Å². The molecule has 0 radical (unpaired) electrons. The van der Waals surface area contributed by atoms with E-state index in [1.807, 2.05) is 0 Å². The van der Waals surface area contributed by atoms with Gasteiger partial charge in [-0.25, -0.2) is 14.4 Å². The van der Waals surface area contributed by atoms with E-state index >= 15 is 0 Å². The van der Waals surface area contributed by atoms with Crippen LogP contribution in [0.2, 0.25) is 0 Å². The molecule has 2 atom stereocenters. The van der Waals surface area contributed by atoms with Gasteiger partial charge in [-0.05, 0) is 46.1 Å². The maximum absolute atomic E-state index is 12.6. The smallest absolute Gasteiger partial charge is 0.410 e. The molecule has 7 heteroatoms. The van der Waals surface area contributed by atoms with Crippen molar-refractivity contribution in [1.29, 1.82) is 0 Å². The number of carbonyl (C=O) groups is 3. The average Bonchev–Trinajstić information content (AvgIpc) is 2.62. The molecule has 7 nitrogen and oxygen atoms in total. The van der Waals surface area contributed by atoms with Crippen LogP contribution in [-0.2, 0) is 23.8 Å². The first kappa shape index (κ1) is 28.6. The van der Waals surface area contributed by atoms with Crippen molar-refractivity contribution in [1.82, 2.24) is 4.90 Å². The van der Waals surface area contributed by atoms with Gasteiger partial charge >= 0.3 is 18.0 Å². The summed E-state index contributed by atoms with van der Waals surface area (Å²) in [5.41, 5.74) is 0.0513. The third kappa shape index (κ3) is 11.1. The largest absolute Gasteiger partial charge is 0.458 e. The second-order valence-electron chi connectivity index (χ2n) is 7.53. The molecule has 29 heavy (non-hydrogen) atoms. The van der Waals surface area contributed by atoms with Crippen LogP contribution < -0.4 is 0 Å². The van der Waals surface area contributed by atoms with Gasteiger partial charge in [0.1, 0.15) is 18.2 Å². The lowest BCUT2D eigenvalue weighted by atomic mass is 10.0. The number of hydrogen-bond donors (Lipinski definition) is 0. The molecule has 0 bridgehead atoms. The molecule has 0 spiro atoms. The van der Waals surface area contributed by atoms with Gasteiger partial charge in [-0.1, -0.05) is 32.6 Å². The van der Waals surface area contributed by atoms with Crippen LogP contribution in [0.3, 0.4) is 0 Å². The van der Waals surface area contributed by atoms with Gasteiger partial charge in [0.15, 0.2) is 6.10 Å². The van der Waals surface area contributed by atoms with Crippen molar-refractivity contribution in [2.75, 3.05) is 13.7 Å². The quantitative estimate of drug-likeness (QED) is 0.256. The van der Waals surface area contributed by atoms with Gasteiger partial charge in [0.25, 0.3) is 0 Å². The number of nitrogens with zero attached hydrogens (tertiary/aromatic N) is 1. The van der Waals surface area contributed by atoms with Crippen molar-refractivity contribution in [3.8, 4) is 0 Å². The summed E-state index contributed by atoms with van der Waals surface area (Å²) in [5, 5.41) is 0. The first-order valence-corrected chi connectivity index (χ1v) is 9.44. The summed E-state index contributed by atoms with van der Waals surface area (Å²) in [6.07, 6.45) is 1.60. The van der Waals surface area contributed by atoms with Gasteiger partial charge in [-0.3, -0.25) is 4.90 Å². The lowest BCUT2D eigenvalue weighted by Gasteiger charge is -2.32. The minimum Gasteiger partial charge on any atom is -0.458 e. The van der Waals surface area contributed by atoms with Gasteiger partial charge in [0.2, 0.25) is 0 Å². The molecule has 0 unspecified atom stereocenters. The Balaban J connectivity index is 0. The summed E-state index contributed by atoms with van der Waals surface area (Å²) in [4.78, 5) is 38.0. The summed E-state index contributed by atoms with van der Waals surface area (Å²) >= 11 is 0. The van der Waals surface area contributed by atoms with Crippen molar-refractivity contribution in [2.24, 2.45) is 5.92 Å². The van der Waals surface area contributed by atoms with Gasteiger partial charge in [0, 0.05) is 7.05 Å². The second kappa shape index (κ2) is 13.6. The maximum Gasteiger partial charge on any atom is 0.410 e. The molecule has 0 aliphatic carbocycles. The van der Waals surface area contributed by atoms with Crippen LogP contribution in [0, 0.1) is 5.92 Å². The molecule has 0 rings (SSSR count). The number of hydrogen-bond acceptors (Lipinski definition) is 6. The Labute approximate surface area is 175 Å². The number of likely N-dealkylation sites (N-methyl/N-ethyl adjacent to an activating group) is 1. The first-order valence-electron chi connectivity index (χ1n) is 9.44. The highest BCUT2D eigenvalue weighted by atomic mass is 16.6. The van der Waals surface area contributed by atoms with E-state index in [-0.39, 0.29) is 12.5 Å². The van der Waals surface area contributed by atoms with E-state index in [1.54, 1.807) is 53.7 Å². The highest BCUT2D eigenvalue weighted by molar-refractivity contribution is 5.84. The zero-order valence-corrected chi connectivity index (χ0v) is 19.1. The van der Waals surface area contributed by atoms with Crippen LogP contribution in [0.25, 0.3) is 0 Å². The van der Waals surface area contributed by atoms with Gasteiger partial charge in [-0.2, -0.15) is 0 Å². The fourth-order valence-corrected chi connectivity index (χ4v) is 2.15. The Kier molecular flexibility index (Phi) is 13.4. The fourth-order valence-electron chi connectivity index (χ4n) is 2.15. The highest BCUT2D eigenvalue weighted by Crippen LogP contribution is 2.17. The Bertz CT molecular complexity index is 589. The molecule has 1 amide bonds. The van der Waals surface area contributed by atoms with E-state index < -0.39 is 35.8 Å². The number of carbonyl (C=O) groups excluding carboxylic acids is 3. The van der Waals surface area contributed by atoms with E-state index in [0.717, 1.165) is 5.57 Å². The van der Waals surface area contributed by atoms with Gasteiger partial charge in [-0.15, -0.1) is 13.2 Å². The Hall–Kier alpha value is -2.57. The molecule has 0 saturated carbocycles. The molecule has 0 aromatic rings. The number of ether oxygens (including phenoxy) is 3. The second-order valence-corrected chi connectivity index (χ2v) is 7.53. The third-order valence-electron chi connectivity index (χ3n) is 3.61. The van der Waals surface area contributed by atoms with Gasteiger partial charge in [0.05, 0.1) is 0 Å². The summed E-state index contributed by atoms with van der Waals surface area (Å²) in [6.45, 7) is 21.7. The zero-order valence-electron chi connectivity index (χ0n) is 19.1. The molecule has 0 aromatic heterocycles. The summed E-state index contributed by atoms with van der Waals surface area (Å²) < 4.78 is 15.6. The zero-order chi connectivity index (χ0) is 23.4. The molecule has 166 valence electrons. The lowest BCUT2D eigenvalue weighted by molar-refractivity contribution is -0.169. The number of amides is 1. The van der Waals surface area contributed by atoms with E-state index in [2.05, 4.69) is 19.7 Å². The highest BCUT2D eigenvalue weighted by Gasteiger charge is 2.35. The van der Waals surface area contributed by atoms with Gasteiger partial charge < -0.3 is 14.2 Å². The number of esters is 2. The normalized spacial score (nSPS) is 13.3. The molecule has 0 fully saturated rings. The molecule has 0 N–H and O–H groups in total. The topological polar surface area (TPSA) is 82.1 Å². The average molecular weight is 412 g/mol. The van der Waals surface area contributed by atoms with Crippen molar-refractivity contribution in [2.45, 2.75) is 66.2 Å². The molecular weight excluding hydrogens is 374 g/mol. The molecule has 0 aromatic carbocycles. The maximum atomic E-state index is 12.6. The summed E-state index contributed by atoms with van der Waals surface area (Å²) in [7, 11) is 1.46. The minimum absolute atomic E-state index is 0.0478. The molecule has 0 aliphatic heterocycles. The number of rotatable bonds is 8. The van der Waals surface area contributed by atoms with Crippen LogP contribution in [0.1, 0.15) is 48.5 Å². The van der Waals surface area contributed by atoms with Crippen LogP contribution in [-0.4, -0.2) is 54.3 Å². The summed E-state index contributed by atoms with van der Waals surface area (Å²) in [5.74, 6) is -1.61. The Morgan fingerprint density at radius 3 is 1.97 bits per heavy atom. The predicted octanol–water partition coefficient (Wildman–Crippen LogP) is 4.29. The van der Waals surface area contributed by atoms with E-state index in [4.69, 9.17) is 14.2 Å². The third-order valence-corrected chi connectivity index (χ3v) is 3.61. The molecule has 0 saturated heterocycles. The molecule has 0 aliphatic rings. The fraction of sp³-hybridized carbons (Fsp3) is 0.591. The SMILES string of the molecule is C=C.C=C/C(=C\C)COC(=O)[C@@H](C)OC(=O)[C@H](C(C)C)N(C)C(=O)OC(C)(C)C. The van der Waals surface area contributed by atoms with E-state index in [9.17, 15) is 14.4 Å². The Morgan fingerprint density at radius 2 is 1.59 bits per heavy atom. The van der Waals surface area contributed by atoms with Crippen molar-refractivity contribution in [3.63, 3.8) is 0 Å².